The summed E-state index contributed by atoms with van der Waals surface area (Å²) in [5.41, 5.74) is 1.61. The summed E-state index contributed by atoms with van der Waals surface area (Å²) in [5, 5.41) is 9.74. The van der Waals surface area contributed by atoms with Gasteiger partial charge in [-0.1, -0.05) is 42.5 Å². The van der Waals surface area contributed by atoms with Crippen molar-refractivity contribution in [2.75, 3.05) is 18.6 Å². The molecule has 2 amide bonds. The van der Waals surface area contributed by atoms with Crippen molar-refractivity contribution in [1.29, 1.82) is 0 Å². The zero-order valence-corrected chi connectivity index (χ0v) is 16.5. The van der Waals surface area contributed by atoms with E-state index >= 15 is 0 Å². The number of likely N-dealkylation sites (N-methyl/N-ethyl adjacent to an activating group) is 1. The molecule has 2 aromatic carbocycles. The van der Waals surface area contributed by atoms with Gasteiger partial charge in [0.2, 0.25) is 5.82 Å². The molecular formula is C22H21N5O3. The van der Waals surface area contributed by atoms with Crippen molar-refractivity contribution in [3.63, 3.8) is 0 Å². The van der Waals surface area contributed by atoms with E-state index < -0.39 is 11.9 Å². The summed E-state index contributed by atoms with van der Waals surface area (Å²) in [6.07, 6.45) is 1.90. The van der Waals surface area contributed by atoms with Crippen LogP contribution in [0.15, 0.2) is 54.6 Å². The molecule has 0 radical (unpaired) electrons. The molecule has 2 heterocycles. The maximum absolute atomic E-state index is 12.8. The van der Waals surface area contributed by atoms with Crippen LogP contribution in [0.3, 0.4) is 0 Å². The van der Waals surface area contributed by atoms with Crippen molar-refractivity contribution >= 4 is 17.5 Å². The molecule has 1 atom stereocenters. The van der Waals surface area contributed by atoms with Crippen molar-refractivity contribution in [3.05, 3.63) is 71.8 Å². The Morgan fingerprint density at radius 2 is 1.90 bits per heavy atom. The summed E-state index contributed by atoms with van der Waals surface area (Å²) in [4.78, 5) is 31.5. The summed E-state index contributed by atoms with van der Waals surface area (Å²) in [6.45, 7) is 0.0388. The Labute approximate surface area is 173 Å². The Morgan fingerprint density at radius 1 is 1.17 bits per heavy atom. The zero-order chi connectivity index (χ0) is 20.7. The first-order valence-electron chi connectivity index (χ1n) is 9.87. The number of nitrogens with one attached hydrogen (secondary N) is 2. The van der Waals surface area contributed by atoms with E-state index in [-0.39, 0.29) is 23.8 Å². The average Bonchev–Trinajstić information content (AvgIpc) is 3.47. The SMILES string of the molecule is CN1C(=O)[C@@H](NC(=O)c2n[nH]c(C3(c4ccccc4)CC3)n2)COc2ccccc21. The number of H-pyrrole nitrogens is 1. The van der Waals surface area contributed by atoms with Gasteiger partial charge in [0.05, 0.1) is 11.1 Å². The zero-order valence-electron chi connectivity index (χ0n) is 16.5. The number of amides is 2. The van der Waals surface area contributed by atoms with Gasteiger partial charge in [0.15, 0.2) is 0 Å². The predicted molar refractivity (Wildman–Crippen MR) is 109 cm³/mol. The van der Waals surface area contributed by atoms with Gasteiger partial charge in [0, 0.05) is 7.05 Å². The van der Waals surface area contributed by atoms with Crippen LogP contribution in [0, 0.1) is 0 Å². The largest absolute Gasteiger partial charge is 0.489 e. The van der Waals surface area contributed by atoms with E-state index in [0.29, 0.717) is 17.3 Å². The molecule has 152 valence electrons. The number of ether oxygens (including phenoxy) is 1. The molecule has 8 heteroatoms. The number of hydrogen-bond acceptors (Lipinski definition) is 5. The lowest BCUT2D eigenvalue weighted by molar-refractivity contribution is -0.120. The van der Waals surface area contributed by atoms with Crippen molar-refractivity contribution in [1.82, 2.24) is 20.5 Å². The Kier molecular flexibility index (Phi) is 4.27. The molecule has 3 aromatic rings. The fourth-order valence-corrected chi connectivity index (χ4v) is 3.90. The normalized spacial score (nSPS) is 19.4. The molecule has 30 heavy (non-hydrogen) atoms. The van der Waals surface area contributed by atoms with Gasteiger partial charge in [0.25, 0.3) is 11.8 Å². The lowest BCUT2D eigenvalue weighted by Gasteiger charge is -2.19. The Bertz CT molecular complexity index is 1110. The molecule has 0 bridgehead atoms. The second-order valence-corrected chi connectivity index (χ2v) is 7.66. The van der Waals surface area contributed by atoms with Crippen LogP contribution in [0.2, 0.25) is 0 Å². The van der Waals surface area contributed by atoms with Gasteiger partial charge in [-0.15, -0.1) is 5.10 Å². The van der Waals surface area contributed by atoms with Gasteiger partial charge in [0.1, 0.15) is 24.2 Å². The highest BCUT2D eigenvalue weighted by molar-refractivity contribution is 6.02. The molecule has 1 saturated carbocycles. The van der Waals surface area contributed by atoms with Crippen molar-refractivity contribution in [2.45, 2.75) is 24.3 Å². The van der Waals surface area contributed by atoms with Crippen LogP contribution >= 0.6 is 0 Å². The number of carbonyl (C=O) groups excluding carboxylic acids is 2. The third-order valence-electron chi connectivity index (χ3n) is 5.78. The van der Waals surface area contributed by atoms with Crippen LogP contribution in [0.1, 0.15) is 34.8 Å². The lowest BCUT2D eigenvalue weighted by atomic mass is 9.95. The van der Waals surface area contributed by atoms with E-state index in [9.17, 15) is 9.59 Å². The van der Waals surface area contributed by atoms with Crippen LogP contribution in [-0.2, 0) is 10.2 Å². The van der Waals surface area contributed by atoms with E-state index in [1.54, 1.807) is 19.2 Å². The van der Waals surface area contributed by atoms with Crippen molar-refractivity contribution < 1.29 is 14.3 Å². The minimum absolute atomic E-state index is 0.0180. The summed E-state index contributed by atoms with van der Waals surface area (Å²) in [6, 6.07) is 16.5. The molecule has 1 fully saturated rings. The van der Waals surface area contributed by atoms with Gasteiger partial charge in [-0.2, -0.15) is 0 Å². The van der Waals surface area contributed by atoms with Crippen LogP contribution < -0.4 is 15.0 Å². The van der Waals surface area contributed by atoms with E-state index in [4.69, 9.17) is 4.74 Å². The van der Waals surface area contributed by atoms with E-state index in [0.717, 1.165) is 18.4 Å². The Morgan fingerprint density at radius 3 is 2.67 bits per heavy atom. The van der Waals surface area contributed by atoms with E-state index in [2.05, 4.69) is 32.6 Å². The molecule has 8 nitrogen and oxygen atoms in total. The minimum atomic E-state index is -0.833. The number of aromatic nitrogens is 3. The predicted octanol–water partition coefficient (Wildman–Crippen LogP) is 2.04. The highest BCUT2D eigenvalue weighted by atomic mass is 16.5. The fraction of sp³-hybridized carbons (Fsp3) is 0.273. The van der Waals surface area contributed by atoms with Crippen molar-refractivity contribution in [2.24, 2.45) is 0 Å². The number of rotatable bonds is 4. The maximum atomic E-state index is 12.8. The molecule has 0 unspecified atom stereocenters. The van der Waals surface area contributed by atoms with Gasteiger partial charge in [-0.05, 0) is 30.5 Å². The second kappa shape index (κ2) is 6.98. The molecule has 2 N–H and O–H groups in total. The van der Waals surface area contributed by atoms with Crippen molar-refractivity contribution in [3.8, 4) is 5.75 Å². The van der Waals surface area contributed by atoms with Crippen LogP contribution in [0.25, 0.3) is 0 Å². The second-order valence-electron chi connectivity index (χ2n) is 7.66. The van der Waals surface area contributed by atoms with Gasteiger partial charge >= 0.3 is 0 Å². The summed E-state index contributed by atoms with van der Waals surface area (Å²) >= 11 is 0. The monoisotopic (exact) mass is 403 g/mol. The van der Waals surface area contributed by atoms with Gasteiger partial charge in [-0.25, -0.2) is 4.98 Å². The molecular weight excluding hydrogens is 382 g/mol. The summed E-state index contributed by atoms with van der Waals surface area (Å²) in [7, 11) is 1.66. The molecule has 0 spiro atoms. The van der Waals surface area contributed by atoms with Crippen LogP contribution in [0.5, 0.6) is 5.75 Å². The maximum Gasteiger partial charge on any atom is 0.291 e. The molecule has 5 rings (SSSR count). The number of benzene rings is 2. The van der Waals surface area contributed by atoms with Crippen LogP contribution in [-0.4, -0.2) is 46.7 Å². The smallest absolute Gasteiger partial charge is 0.291 e. The molecule has 0 saturated heterocycles. The first-order valence-corrected chi connectivity index (χ1v) is 9.87. The fourth-order valence-electron chi connectivity index (χ4n) is 3.90. The highest BCUT2D eigenvalue weighted by Gasteiger charge is 2.49. The number of fused-ring (bicyclic) bond motifs is 1. The Balaban J connectivity index is 1.33. The number of aromatic amines is 1. The van der Waals surface area contributed by atoms with Gasteiger partial charge < -0.3 is 15.0 Å². The minimum Gasteiger partial charge on any atom is -0.489 e. The first-order chi connectivity index (χ1) is 14.6. The molecule has 1 aromatic heterocycles. The Hall–Kier alpha value is -3.68. The molecule has 2 aliphatic rings. The third kappa shape index (κ3) is 3.01. The highest BCUT2D eigenvalue weighted by Crippen LogP contribution is 2.51. The summed E-state index contributed by atoms with van der Waals surface area (Å²) < 4.78 is 5.74. The lowest BCUT2D eigenvalue weighted by Crippen LogP contribution is -2.49. The molecule has 1 aliphatic carbocycles. The number of anilines is 1. The number of nitrogens with zero attached hydrogens (tertiary/aromatic N) is 3. The molecule has 1 aliphatic heterocycles. The number of para-hydroxylation sites is 2. The first kappa shape index (κ1) is 18.4. The number of hydrogen-bond donors (Lipinski definition) is 2. The van der Waals surface area contributed by atoms with E-state index in [1.165, 1.54) is 4.90 Å². The average molecular weight is 403 g/mol. The topological polar surface area (TPSA) is 100 Å². The number of carbonyl (C=O) groups is 2. The standard InChI is InChI=1S/C22H21N5O3/c1-27-16-9-5-6-10-17(16)30-13-15(20(27)29)23-19(28)18-24-21(26-25-18)22(11-12-22)14-7-3-2-4-8-14/h2-10,15H,11-13H2,1H3,(H,23,28)(H,24,25,26)/t15-/m0/s1. The summed E-state index contributed by atoms with van der Waals surface area (Å²) in [5.74, 6) is 0.523. The van der Waals surface area contributed by atoms with E-state index in [1.807, 2.05) is 30.3 Å². The van der Waals surface area contributed by atoms with Crippen LogP contribution in [0.4, 0.5) is 5.69 Å². The van der Waals surface area contributed by atoms with Gasteiger partial charge in [-0.3, -0.25) is 14.7 Å². The third-order valence-corrected chi connectivity index (χ3v) is 5.78. The quantitative estimate of drug-likeness (QED) is 0.694.